The molecule has 1 aromatic heterocycles. The summed E-state index contributed by atoms with van der Waals surface area (Å²) in [5.74, 6) is 0.785. The van der Waals surface area contributed by atoms with E-state index in [0.717, 1.165) is 25.3 Å². The number of hydrogen-bond acceptors (Lipinski definition) is 4. The SMILES string of the molecule is CN(CCc1ccccc1)C(=O)c1ccc(N2CCCC2)nn1. The summed E-state index contributed by atoms with van der Waals surface area (Å²) in [7, 11) is 1.81. The van der Waals surface area contributed by atoms with Gasteiger partial charge in [-0.1, -0.05) is 30.3 Å². The molecular weight excluding hydrogens is 288 g/mol. The van der Waals surface area contributed by atoms with E-state index >= 15 is 0 Å². The molecule has 2 heterocycles. The number of carbonyl (C=O) groups is 1. The predicted molar refractivity (Wildman–Crippen MR) is 90.6 cm³/mol. The van der Waals surface area contributed by atoms with Crippen LogP contribution in [0.25, 0.3) is 0 Å². The Morgan fingerprint density at radius 1 is 1.09 bits per heavy atom. The van der Waals surface area contributed by atoms with Gasteiger partial charge in [0.2, 0.25) is 0 Å². The molecule has 2 aromatic rings. The fourth-order valence-corrected chi connectivity index (χ4v) is 2.79. The van der Waals surface area contributed by atoms with Gasteiger partial charge in [-0.2, -0.15) is 0 Å². The van der Waals surface area contributed by atoms with Gasteiger partial charge in [0, 0.05) is 26.7 Å². The Morgan fingerprint density at radius 3 is 2.48 bits per heavy atom. The number of hydrogen-bond donors (Lipinski definition) is 0. The van der Waals surface area contributed by atoms with Crippen molar-refractivity contribution in [3.05, 3.63) is 53.7 Å². The van der Waals surface area contributed by atoms with Crippen LogP contribution in [-0.2, 0) is 6.42 Å². The number of amides is 1. The Kier molecular flexibility index (Phi) is 4.86. The summed E-state index contributed by atoms with van der Waals surface area (Å²) in [5.41, 5.74) is 1.63. The maximum absolute atomic E-state index is 12.4. The van der Waals surface area contributed by atoms with Gasteiger partial charge in [-0.25, -0.2) is 0 Å². The van der Waals surface area contributed by atoms with E-state index in [1.165, 1.54) is 18.4 Å². The molecule has 1 amide bonds. The third-order valence-electron chi connectivity index (χ3n) is 4.23. The van der Waals surface area contributed by atoms with Gasteiger partial charge in [-0.15, -0.1) is 10.2 Å². The highest BCUT2D eigenvalue weighted by Gasteiger charge is 2.17. The minimum Gasteiger partial charge on any atom is -0.355 e. The first-order valence-electron chi connectivity index (χ1n) is 8.12. The zero-order chi connectivity index (χ0) is 16.1. The standard InChI is InChI=1S/C18H22N4O/c1-21(14-11-15-7-3-2-4-8-15)18(23)16-9-10-17(20-19-16)22-12-5-6-13-22/h2-4,7-10H,5-6,11-14H2,1H3. The summed E-state index contributed by atoms with van der Waals surface area (Å²) in [5, 5.41) is 8.33. The third-order valence-corrected chi connectivity index (χ3v) is 4.23. The molecule has 1 aliphatic heterocycles. The molecule has 0 aliphatic carbocycles. The topological polar surface area (TPSA) is 49.3 Å². The molecule has 23 heavy (non-hydrogen) atoms. The zero-order valence-corrected chi connectivity index (χ0v) is 13.5. The maximum atomic E-state index is 12.4. The van der Waals surface area contributed by atoms with Crippen molar-refractivity contribution in [2.24, 2.45) is 0 Å². The molecule has 1 aromatic carbocycles. The average Bonchev–Trinajstić information content (AvgIpc) is 3.15. The van der Waals surface area contributed by atoms with E-state index in [1.807, 2.05) is 24.3 Å². The number of carbonyl (C=O) groups excluding carboxylic acids is 1. The number of nitrogens with zero attached hydrogens (tertiary/aromatic N) is 4. The molecule has 0 radical (unpaired) electrons. The van der Waals surface area contributed by atoms with Gasteiger partial charge in [-0.05, 0) is 37.0 Å². The second kappa shape index (κ2) is 7.22. The molecule has 5 nitrogen and oxygen atoms in total. The summed E-state index contributed by atoms with van der Waals surface area (Å²) in [6.45, 7) is 2.72. The monoisotopic (exact) mass is 310 g/mol. The van der Waals surface area contributed by atoms with Gasteiger partial charge in [0.25, 0.3) is 5.91 Å². The lowest BCUT2D eigenvalue weighted by atomic mass is 10.1. The Labute approximate surface area is 136 Å². The molecule has 1 aliphatic rings. The van der Waals surface area contributed by atoms with Gasteiger partial charge in [0.1, 0.15) is 0 Å². The van der Waals surface area contributed by atoms with Crippen LogP contribution in [-0.4, -0.2) is 47.7 Å². The van der Waals surface area contributed by atoms with E-state index in [9.17, 15) is 4.79 Å². The molecule has 0 bridgehead atoms. The van der Waals surface area contributed by atoms with E-state index in [0.29, 0.717) is 12.2 Å². The van der Waals surface area contributed by atoms with Gasteiger partial charge in [-0.3, -0.25) is 4.79 Å². The number of likely N-dealkylation sites (N-methyl/N-ethyl adjacent to an activating group) is 1. The zero-order valence-electron chi connectivity index (χ0n) is 13.5. The highest BCUT2D eigenvalue weighted by molar-refractivity contribution is 5.92. The van der Waals surface area contributed by atoms with Crippen molar-refractivity contribution in [2.45, 2.75) is 19.3 Å². The molecule has 5 heteroatoms. The first-order chi connectivity index (χ1) is 11.2. The summed E-state index contributed by atoms with van der Waals surface area (Å²) in [6, 6.07) is 13.8. The van der Waals surface area contributed by atoms with Crippen LogP contribution in [0.2, 0.25) is 0 Å². The van der Waals surface area contributed by atoms with Crippen LogP contribution in [0.5, 0.6) is 0 Å². The predicted octanol–water partition coefficient (Wildman–Crippen LogP) is 2.39. The first-order valence-corrected chi connectivity index (χ1v) is 8.12. The third kappa shape index (κ3) is 3.86. The summed E-state index contributed by atoms with van der Waals surface area (Å²) >= 11 is 0. The average molecular weight is 310 g/mol. The minimum absolute atomic E-state index is 0.0820. The van der Waals surface area contributed by atoms with Crippen LogP contribution >= 0.6 is 0 Å². The van der Waals surface area contributed by atoms with E-state index in [4.69, 9.17) is 0 Å². The smallest absolute Gasteiger partial charge is 0.274 e. The first kappa shape index (κ1) is 15.5. The van der Waals surface area contributed by atoms with Gasteiger partial charge in [0.05, 0.1) is 0 Å². The lowest BCUT2D eigenvalue weighted by Gasteiger charge is -2.18. The normalized spacial score (nSPS) is 14.0. The Morgan fingerprint density at radius 2 is 1.83 bits per heavy atom. The fourth-order valence-electron chi connectivity index (χ4n) is 2.79. The van der Waals surface area contributed by atoms with Crippen LogP contribution < -0.4 is 4.90 Å². The molecule has 0 saturated carbocycles. The van der Waals surface area contributed by atoms with Crippen LogP contribution in [0, 0.1) is 0 Å². The highest BCUT2D eigenvalue weighted by Crippen LogP contribution is 2.16. The van der Waals surface area contributed by atoms with Crippen molar-refractivity contribution in [1.82, 2.24) is 15.1 Å². The summed E-state index contributed by atoms with van der Waals surface area (Å²) in [6.07, 6.45) is 3.23. The van der Waals surface area contributed by atoms with E-state index in [2.05, 4.69) is 27.2 Å². The quantitative estimate of drug-likeness (QED) is 0.851. The fraction of sp³-hybridized carbons (Fsp3) is 0.389. The van der Waals surface area contributed by atoms with Crippen LogP contribution in [0.3, 0.4) is 0 Å². The van der Waals surface area contributed by atoms with E-state index in [1.54, 1.807) is 18.0 Å². The van der Waals surface area contributed by atoms with Crippen molar-refractivity contribution in [2.75, 3.05) is 31.6 Å². The lowest BCUT2D eigenvalue weighted by molar-refractivity contribution is 0.0789. The Balaban J connectivity index is 1.58. The van der Waals surface area contributed by atoms with E-state index in [-0.39, 0.29) is 5.91 Å². The van der Waals surface area contributed by atoms with Gasteiger partial charge < -0.3 is 9.80 Å². The van der Waals surface area contributed by atoms with Crippen molar-refractivity contribution in [3.8, 4) is 0 Å². The maximum Gasteiger partial charge on any atom is 0.274 e. The van der Waals surface area contributed by atoms with Gasteiger partial charge in [0.15, 0.2) is 11.5 Å². The molecule has 0 N–H and O–H groups in total. The largest absolute Gasteiger partial charge is 0.355 e. The number of aromatic nitrogens is 2. The molecule has 0 atom stereocenters. The molecular formula is C18H22N4O. The Bertz CT molecular complexity index is 636. The van der Waals surface area contributed by atoms with Crippen molar-refractivity contribution in [1.29, 1.82) is 0 Å². The van der Waals surface area contributed by atoms with Crippen LogP contribution in [0.15, 0.2) is 42.5 Å². The van der Waals surface area contributed by atoms with Crippen molar-refractivity contribution >= 4 is 11.7 Å². The lowest BCUT2D eigenvalue weighted by Crippen LogP contribution is -2.30. The molecule has 3 rings (SSSR count). The van der Waals surface area contributed by atoms with E-state index < -0.39 is 0 Å². The summed E-state index contributed by atoms with van der Waals surface area (Å²) in [4.78, 5) is 16.3. The number of rotatable bonds is 5. The van der Waals surface area contributed by atoms with Crippen molar-refractivity contribution < 1.29 is 4.79 Å². The summed E-state index contributed by atoms with van der Waals surface area (Å²) < 4.78 is 0. The van der Waals surface area contributed by atoms with Gasteiger partial charge >= 0.3 is 0 Å². The molecule has 0 unspecified atom stereocenters. The molecule has 0 spiro atoms. The van der Waals surface area contributed by atoms with Crippen molar-refractivity contribution in [3.63, 3.8) is 0 Å². The molecule has 120 valence electrons. The Hall–Kier alpha value is -2.43. The number of anilines is 1. The van der Waals surface area contributed by atoms with Crippen LogP contribution in [0.1, 0.15) is 28.9 Å². The van der Waals surface area contributed by atoms with Crippen LogP contribution in [0.4, 0.5) is 5.82 Å². The molecule has 1 fully saturated rings. The highest BCUT2D eigenvalue weighted by atomic mass is 16.2. The second-order valence-corrected chi connectivity index (χ2v) is 5.93. The second-order valence-electron chi connectivity index (χ2n) is 5.93. The molecule has 1 saturated heterocycles. The minimum atomic E-state index is -0.0820. The number of benzene rings is 1.